The molecule has 2 nitrogen and oxygen atoms in total. The Bertz CT molecular complexity index is 229. The van der Waals surface area contributed by atoms with Gasteiger partial charge in [-0.2, -0.15) is 24.9 Å². The van der Waals surface area contributed by atoms with Crippen molar-refractivity contribution in [1.82, 2.24) is 4.90 Å². The quantitative estimate of drug-likeness (QED) is 0.832. The number of halogens is 3. The Morgan fingerprint density at radius 3 is 2.24 bits per heavy atom. The van der Waals surface area contributed by atoms with E-state index in [1.54, 1.807) is 0 Å². The summed E-state index contributed by atoms with van der Waals surface area (Å²) in [6.07, 6.45) is -4.06. The van der Waals surface area contributed by atoms with E-state index in [0.29, 0.717) is 13.0 Å². The van der Waals surface area contributed by atoms with Crippen LogP contribution in [0.2, 0.25) is 0 Å². The van der Waals surface area contributed by atoms with Crippen LogP contribution in [0.25, 0.3) is 0 Å². The molecule has 1 fully saturated rings. The van der Waals surface area contributed by atoms with Gasteiger partial charge in [0.05, 0.1) is 0 Å². The third kappa shape index (κ3) is 5.06. The zero-order valence-corrected chi connectivity index (χ0v) is 11.0. The predicted molar refractivity (Wildman–Crippen MR) is 66.3 cm³/mol. The van der Waals surface area contributed by atoms with Gasteiger partial charge in [0.15, 0.2) is 0 Å². The van der Waals surface area contributed by atoms with E-state index < -0.39 is 12.6 Å². The summed E-state index contributed by atoms with van der Waals surface area (Å²) in [5, 5.41) is 0. The molecule has 1 rings (SSSR count). The predicted octanol–water partition coefficient (Wildman–Crippen LogP) is 2.49. The zero-order valence-electron chi connectivity index (χ0n) is 10.2. The molecule has 102 valence electrons. The van der Waals surface area contributed by atoms with Gasteiger partial charge in [-0.1, -0.05) is 0 Å². The first kappa shape index (κ1) is 15.1. The molecule has 0 aromatic carbocycles. The van der Waals surface area contributed by atoms with Crippen LogP contribution in [0, 0.1) is 0 Å². The largest absolute Gasteiger partial charge is 0.389 e. The minimum Gasteiger partial charge on any atom is -0.329 e. The summed E-state index contributed by atoms with van der Waals surface area (Å²) in [7, 11) is 0. The van der Waals surface area contributed by atoms with E-state index in [0.717, 1.165) is 24.6 Å². The van der Waals surface area contributed by atoms with Crippen molar-refractivity contribution < 1.29 is 13.2 Å². The lowest BCUT2D eigenvalue weighted by molar-refractivity contribution is -0.136. The van der Waals surface area contributed by atoms with Gasteiger partial charge in [-0.3, -0.25) is 4.90 Å². The van der Waals surface area contributed by atoms with Crippen molar-refractivity contribution in [3.63, 3.8) is 0 Å². The number of rotatable bonds is 5. The highest BCUT2D eigenvalue weighted by molar-refractivity contribution is 7.99. The minimum absolute atomic E-state index is 0.168. The molecule has 1 saturated heterocycles. The average molecular weight is 270 g/mol. The second-order valence-corrected chi connectivity index (χ2v) is 5.99. The van der Waals surface area contributed by atoms with Crippen LogP contribution in [0.1, 0.15) is 26.2 Å². The van der Waals surface area contributed by atoms with E-state index in [1.807, 2.05) is 18.7 Å². The second-order valence-electron chi connectivity index (χ2n) is 4.77. The lowest BCUT2D eigenvalue weighted by atomic mass is 9.92. The summed E-state index contributed by atoms with van der Waals surface area (Å²) in [6, 6.07) is 0. The van der Waals surface area contributed by atoms with E-state index in [1.165, 1.54) is 0 Å². The molecule has 0 amide bonds. The van der Waals surface area contributed by atoms with Crippen molar-refractivity contribution in [3.05, 3.63) is 0 Å². The van der Waals surface area contributed by atoms with Crippen LogP contribution in [-0.4, -0.2) is 47.8 Å². The van der Waals surface area contributed by atoms with Gasteiger partial charge in [0.1, 0.15) is 0 Å². The summed E-state index contributed by atoms with van der Waals surface area (Å²) in [5.74, 6) is 2.10. The molecule has 1 atom stereocenters. The summed E-state index contributed by atoms with van der Waals surface area (Å²) in [4.78, 5) is 2.25. The summed E-state index contributed by atoms with van der Waals surface area (Å²) >= 11 is 1.89. The molecule has 0 aromatic rings. The van der Waals surface area contributed by atoms with E-state index in [-0.39, 0.29) is 12.0 Å². The van der Waals surface area contributed by atoms with Gasteiger partial charge >= 0.3 is 6.18 Å². The van der Waals surface area contributed by atoms with Crippen LogP contribution in [0.3, 0.4) is 0 Å². The Balaban J connectivity index is 2.44. The van der Waals surface area contributed by atoms with E-state index >= 15 is 0 Å². The van der Waals surface area contributed by atoms with Gasteiger partial charge in [-0.15, -0.1) is 0 Å². The van der Waals surface area contributed by atoms with Gasteiger partial charge < -0.3 is 5.73 Å². The highest BCUT2D eigenvalue weighted by atomic mass is 32.2. The summed E-state index contributed by atoms with van der Waals surface area (Å²) in [6.45, 7) is 4.28. The normalized spacial score (nSPS) is 22.4. The Labute approximate surface area is 105 Å². The first-order valence-electron chi connectivity index (χ1n) is 5.97. The standard InChI is InChI=1S/C11H21F3N2S/c1-10(9-15,3-2-4-11(12,13)14)16-5-7-17-8-6-16/h2-9,15H2,1H3. The third-order valence-electron chi connectivity index (χ3n) is 3.39. The molecule has 0 radical (unpaired) electrons. The van der Waals surface area contributed by atoms with Crippen LogP contribution in [0.4, 0.5) is 13.2 Å². The number of thioether (sulfide) groups is 1. The smallest absolute Gasteiger partial charge is 0.329 e. The molecular weight excluding hydrogens is 249 g/mol. The van der Waals surface area contributed by atoms with Crippen LogP contribution in [-0.2, 0) is 0 Å². The summed E-state index contributed by atoms with van der Waals surface area (Å²) < 4.78 is 36.4. The van der Waals surface area contributed by atoms with Crippen LogP contribution >= 0.6 is 11.8 Å². The van der Waals surface area contributed by atoms with E-state index in [4.69, 9.17) is 5.73 Å². The molecule has 0 spiro atoms. The maximum Gasteiger partial charge on any atom is 0.389 e. The first-order chi connectivity index (χ1) is 7.87. The van der Waals surface area contributed by atoms with Crippen LogP contribution in [0.5, 0.6) is 0 Å². The van der Waals surface area contributed by atoms with Gasteiger partial charge in [-0.05, 0) is 19.8 Å². The molecule has 0 bridgehead atoms. The maximum atomic E-state index is 12.1. The Hall–Kier alpha value is 0.0600. The molecule has 0 saturated carbocycles. The highest BCUT2D eigenvalue weighted by Crippen LogP contribution is 2.28. The molecule has 0 aromatic heterocycles. The summed E-state index contributed by atoms with van der Waals surface area (Å²) in [5.41, 5.74) is 5.49. The van der Waals surface area contributed by atoms with Gasteiger partial charge in [0.2, 0.25) is 0 Å². The van der Waals surface area contributed by atoms with Gasteiger partial charge in [0, 0.05) is 43.1 Å². The Morgan fingerprint density at radius 2 is 1.76 bits per heavy atom. The fraction of sp³-hybridized carbons (Fsp3) is 1.00. The maximum absolute atomic E-state index is 12.1. The highest BCUT2D eigenvalue weighted by Gasteiger charge is 2.33. The molecule has 1 aliphatic rings. The first-order valence-corrected chi connectivity index (χ1v) is 7.12. The third-order valence-corrected chi connectivity index (χ3v) is 4.33. The number of hydrogen-bond donors (Lipinski definition) is 1. The molecule has 2 N–H and O–H groups in total. The van der Waals surface area contributed by atoms with Crippen molar-refractivity contribution in [1.29, 1.82) is 0 Å². The van der Waals surface area contributed by atoms with Crippen molar-refractivity contribution in [3.8, 4) is 0 Å². The molecule has 1 heterocycles. The van der Waals surface area contributed by atoms with Crippen molar-refractivity contribution in [2.75, 3.05) is 31.1 Å². The molecular formula is C11H21F3N2S. The Morgan fingerprint density at radius 1 is 1.18 bits per heavy atom. The van der Waals surface area contributed by atoms with Crippen molar-refractivity contribution in [2.45, 2.75) is 37.9 Å². The molecule has 0 aliphatic carbocycles. The molecule has 6 heteroatoms. The van der Waals surface area contributed by atoms with E-state index in [2.05, 4.69) is 4.90 Å². The number of alkyl halides is 3. The Kier molecular flexibility index (Phi) is 5.60. The lowest BCUT2D eigenvalue weighted by Gasteiger charge is -2.43. The molecule has 17 heavy (non-hydrogen) atoms. The monoisotopic (exact) mass is 270 g/mol. The van der Waals surface area contributed by atoms with Crippen molar-refractivity contribution >= 4 is 11.8 Å². The van der Waals surface area contributed by atoms with Gasteiger partial charge in [-0.25, -0.2) is 0 Å². The SMILES string of the molecule is CC(CN)(CCCC(F)(F)F)N1CCSCC1. The number of nitrogens with two attached hydrogens (primary N) is 1. The van der Waals surface area contributed by atoms with Gasteiger partial charge in [0.25, 0.3) is 0 Å². The van der Waals surface area contributed by atoms with Crippen LogP contribution < -0.4 is 5.73 Å². The zero-order chi connectivity index (χ0) is 12.9. The minimum atomic E-state index is -4.05. The molecule has 1 aliphatic heterocycles. The number of hydrogen-bond acceptors (Lipinski definition) is 3. The number of nitrogens with zero attached hydrogens (tertiary/aromatic N) is 1. The van der Waals surface area contributed by atoms with E-state index in [9.17, 15) is 13.2 Å². The second kappa shape index (κ2) is 6.29. The lowest BCUT2D eigenvalue weighted by Crippen LogP contribution is -2.54. The average Bonchev–Trinajstić information content (AvgIpc) is 2.28. The fourth-order valence-corrected chi connectivity index (χ4v) is 3.07. The topological polar surface area (TPSA) is 29.3 Å². The van der Waals surface area contributed by atoms with Crippen LogP contribution in [0.15, 0.2) is 0 Å². The van der Waals surface area contributed by atoms with Crippen molar-refractivity contribution in [2.24, 2.45) is 5.73 Å². The molecule has 1 unspecified atom stereocenters. The fourth-order valence-electron chi connectivity index (χ4n) is 2.16.